The SMILES string of the molecule is CC[C@H](CN1CC1)[C@H]1CCC[C@@H](C)C1. The maximum absolute atomic E-state index is 2.60. The van der Waals surface area contributed by atoms with Gasteiger partial charge in [-0.1, -0.05) is 39.5 Å². The van der Waals surface area contributed by atoms with Gasteiger partial charge in [0.15, 0.2) is 0 Å². The van der Waals surface area contributed by atoms with Crippen molar-refractivity contribution in [1.29, 1.82) is 0 Å². The fourth-order valence-electron chi connectivity index (χ4n) is 3.11. The summed E-state index contributed by atoms with van der Waals surface area (Å²) in [4.78, 5) is 2.60. The molecule has 2 rings (SSSR count). The van der Waals surface area contributed by atoms with Gasteiger partial charge in [0.2, 0.25) is 0 Å². The third-order valence-corrected chi connectivity index (χ3v) is 4.20. The van der Waals surface area contributed by atoms with E-state index in [0.717, 1.165) is 17.8 Å². The second-order valence-electron chi connectivity index (χ2n) is 5.50. The number of rotatable bonds is 4. The topological polar surface area (TPSA) is 3.01 Å². The lowest BCUT2D eigenvalue weighted by Crippen LogP contribution is -2.26. The average Bonchev–Trinajstić information content (AvgIpc) is 2.98. The summed E-state index contributed by atoms with van der Waals surface area (Å²) in [6, 6.07) is 0. The molecule has 1 heteroatoms. The van der Waals surface area contributed by atoms with Gasteiger partial charge in [0.25, 0.3) is 0 Å². The molecule has 0 bridgehead atoms. The molecule has 2 fully saturated rings. The largest absolute Gasteiger partial charge is 0.301 e. The van der Waals surface area contributed by atoms with E-state index < -0.39 is 0 Å². The fraction of sp³-hybridized carbons (Fsp3) is 1.00. The van der Waals surface area contributed by atoms with E-state index in [9.17, 15) is 0 Å². The second kappa shape index (κ2) is 4.65. The Bertz CT molecular complexity index is 172. The molecule has 1 saturated carbocycles. The van der Waals surface area contributed by atoms with Crippen LogP contribution in [0.5, 0.6) is 0 Å². The van der Waals surface area contributed by atoms with Crippen molar-refractivity contribution in [1.82, 2.24) is 4.90 Å². The van der Waals surface area contributed by atoms with Crippen LogP contribution in [0.2, 0.25) is 0 Å². The lowest BCUT2D eigenvalue weighted by molar-refractivity contribution is 0.182. The van der Waals surface area contributed by atoms with Gasteiger partial charge in [-0.05, 0) is 24.2 Å². The van der Waals surface area contributed by atoms with E-state index in [-0.39, 0.29) is 0 Å². The van der Waals surface area contributed by atoms with Crippen molar-refractivity contribution >= 4 is 0 Å². The zero-order valence-electron chi connectivity index (χ0n) is 9.84. The molecule has 0 unspecified atom stereocenters. The molecule has 2 aliphatic rings. The van der Waals surface area contributed by atoms with Crippen LogP contribution in [0.25, 0.3) is 0 Å². The molecule has 1 saturated heterocycles. The highest BCUT2D eigenvalue weighted by atomic mass is 15.3. The van der Waals surface area contributed by atoms with E-state index in [1.165, 1.54) is 51.7 Å². The minimum Gasteiger partial charge on any atom is -0.301 e. The Kier molecular flexibility index (Phi) is 3.48. The number of hydrogen-bond acceptors (Lipinski definition) is 1. The highest BCUT2D eigenvalue weighted by molar-refractivity contribution is 4.82. The highest BCUT2D eigenvalue weighted by Crippen LogP contribution is 2.35. The molecule has 1 nitrogen and oxygen atoms in total. The van der Waals surface area contributed by atoms with E-state index in [1.807, 2.05) is 0 Å². The van der Waals surface area contributed by atoms with Crippen LogP contribution >= 0.6 is 0 Å². The zero-order valence-corrected chi connectivity index (χ0v) is 9.84. The summed E-state index contributed by atoms with van der Waals surface area (Å²) in [5.41, 5.74) is 0. The first-order chi connectivity index (χ1) is 6.79. The first-order valence-electron chi connectivity index (χ1n) is 6.52. The highest BCUT2D eigenvalue weighted by Gasteiger charge is 2.29. The predicted molar refractivity (Wildman–Crippen MR) is 61.3 cm³/mol. The zero-order chi connectivity index (χ0) is 9.97. The normalized spacial score (nSPS) is 35.6. The first-order valence-corrected chi connectivity index (χ1v) is 6.52. The molecule has 0 N–H and O–H groups in total. The van der Waals surface area contributed by atoms with E-state index >= 15 is 0 Å². The second-order valence-corrected chi connectivity index (χ2v) is 5.50. The summed E-state index contributed by atoms with van der Waals surface area (Å²) in [5.74, 6) is 3.04. The molecule has 0 aromatic carbocycles. The van der Waals surface area contributed by atoms with Crippen LogP contribution in [0.4, 0.5) is 0 Å². The summed E-state index contributed by atoms with van der Waals surface area (Å²) in [6.07, 6.45) is 7.38. The smallest absolute Gasteiger partial charge is 0.0110 e. The molecule has 82 valence electrons. The lowest BCUT2D eigenvalue weighted by Gasteiger charge is -2.33. The Balaban J connectivity index is 1.82. The van der Waals surface area contributed by atoms with Gasteiger partial charge < -0.3 is 4.90 Å². The van der Waals surface area contributed by atoms with Gasteiger partial charge in [-0.2, -0.15) is 0 Å². The van der Waals surface area contributed by atoms with Crippen LogP contribution in [0.1, 0.15) is 46.0 Å². The van der Waals surface area contributed by atoms with E-state index in [0.29, 0.717) is 0 Å². The number of nitrogens with zero attached hydrogens (tertiary/aromatic N) is 1. The monoisotopic (exact) mass is 195 g/mol. The molecule has 1 heterocycles. The van der Waals surface area contributed by atoms with Crippen LogP contribution in [0, 0.1) is 17.8 Å². The summed E-state index contributed by atoms with van der Waals surface area (Å²) >= 11 is 0. The van der Waals surface area contributed by atoms with Crippen LogP contribution in [0.15, 0.2) is 0 Å². The average molecular weight is 195 g/mol. The molecule has 0 aromatic rings. The Morgan fingerprint density at radius 3 is 2.64 bits per heavy atom. The molecule has 1 aliphatic carbocycles. The molecule has 0 spiro atoms. The van der Waals surface area contributed by atoms with Gasteiger partial charge in [-0.3, -0.25) is 0 Å². The maximum atomic E-state index is 2.60. The molecule has 0 radical (unpaired) electrons. The van der Waals surface area contributed by atoms with Crippen molar-refractivity contribution in [3.63, 3.8) is 0 Å². The van der Waals surface area contributed by atoms with Gasteiger partial charge >= 0.3 is 0 Å². The van der Waals surface area contributed by atoms with Gasteiger partial charge in [0.05, 0.1) is 0 Å². The van der Waals surface area contributed by atoms with E-state index in [1.54, 1.807) is 0 Å². The Hall–Kier alpha value is -0.0400. The maximum Gasteiger partial charge on any atom is 0.0110 e. The van der Waals surface area contributed by atoms with Crippen LogP contribution in [0.3, 0.4) is 0 Å². The molecule has 0 aromatic heterocycles. The summed E-state index contributed by atoms with van der Waals surface area (Å²) in [5, 5.41) is 0. The van der Waals surface area contributed by atoms with E-state index in [2.05, 4.69) is 18.7 Å². The molecule has 14 heavy (non-hydrogen) atoms. The van der Waals surface area contributed by atoms with Crippen LogP contribution < -0.4 is 0 Å². The first kappa shape index (κ1) is 10.5. The van der Waals surface area contributed by atoms with Crippen LogP contribution in [-0.2, 0) is 0 Å². The minimum atomic E-state index is 0.997. The lowest BCUT2D eigenvalue weighted by atomic mass is 9.75. The van der Waals surface area contributed by atoms with Crippen molar-refractivity contribution in [3.8, 4) is 0 Å². The van der Waals surface area contributed by atoms with Crippen molar-refractivity contribution in [2.75, 3.05) is 19.6 Å². The van der Waals surface area contributed by atoms with Crippen molar-refractivity contribution in [3.05, 3.63) is 0 Å². The van der Waals surface area contributed by atoms with Crippen molar-refractivity contribution < 1.29 is 0 Å². The molecule has 3 atom stereocenters. The molecule has 0 amide bonds. The summed E-state index contributed by atoms with van der Waals surface area (Å²) in [6.45, 7) is 8.97. The minimum absolute atomic E-state index is 0.997. The Morgan fingerprint density at radius 1 is 1.29 bits per heavy atom. The quantitative estimate of drug-likeness (QED) is 0.623. The Labute approximate surface area is 88.9 Å². The van der Waals surface area contributed by atoms with Gasteiger partial charge in [0, 0.05) is 19.6 Å². The summed E-state index contributed by atoms with van der Waals surface area (Å²) in [7, 11) is 0. The van der Waals surface area contributed by atoms with Crippen LogP contribution in [-0.4, -0.2) is 24.5 Å². The van der Waals surface area contributed by atoms with Gasteiger partial charge in [0.1, 0.15) is 0 Å². The van der Waals surface area contributed by atoms with Crippen molar-refractivity contribution in [2.45, 2.75) is 46.0 Å². The fourth-order valence-corrected chi connectivity index (χ4v) is 3.11. The molecule has 1 aliphatic heterocycles. The molecular weight excluding hydrogens is 170 g/mol. The Morgan fingerprint density at radius 2 is 2.07 bits per heavy atom. The standard InChI is InChI=1S/C13H25N/c1-3-12(10-14-7-8-14)13-6-4-5-11(2)9-13/h11-13H,3-10H2,1-2H3/t11-,12-,13+/m1/s1. The molecular formula is C13H25N. The van der Waals surface area contributed by atoms with Gasteiger partial charge in [-0.15, -0.1) is 0 Å². The number of hydrogen-bond donors (Lipinski definition) is 0. The van der Waals surface area contributed by atoms with Gasteiger partial charge in [-0.25, -0.2) is 0 Å². The van der Waals surface area contributed by atoms with E-state index in [4.69, 9.17) is 0 Å². The third kappa shape index (κ3) is 2.73. The summed E-state index contributed by atoms with van der Waals surface area (Å²) < 4.78 is 0. The van der Waals surface area contributed by atoms with Crippen molar-refractivity contribution in [2.24, 2.45) is 17.8 Å². The predicted octanol–water partition coefficient (Wildman–Crippen LogP) is 3.15. The third-order valence-electron chi connectivity index (χ3n) is 4.20.